The molecule has 0 atom stereocenters. The molecule has 0 saturated carbocycles. The summed E-state index contributed by atoms with van der Waals surface area (Å²) in [6.45, 7) is 3.69. The fourth-order valence-electron chi connectivity index (χ4n) is 3.32. The van der Waals surface area contributed by atoms with Crippen LogP contribution in [0.4, 0.5) is 5.69 Å². The number of hydrogen-bond donors (Lipinski definition) is 1. The number of rotatable bonds is 6. The van der Waals surface area contributed by atoms with Gasteiger partial charge in [0.1, 0.15) is 5.75 Å². The quantitative estimate of drug-likeness (QED) is 0.814. The van der Waals surface area contributed by atoms with Crippen molar-refractivity contribution in [2.24, 2.45) is 0 Å². The number of likely N-dealkylation sites (tertiary alicyclic amines) is 1. The molecule has 0 unspecified atom stereocenters. The van der Waals surface area contributed by atoms with Crippen molar-refractivity contribution >= 4 is 17.5 Å². The predicted octanol–water partition coefficient (Wildman–Crippen LogP) is 4.28. The van der Waals surface area contributed by atoms with Crippen LogP contribution in [0.3, 0.4) is 0 Å². The van der Waals surface area contributed by atoms with Crippen LogP contribution in [0, 0.1) is 0 Å². The maximum Gasteiger partial charge on any atom is 0.262 e. The molecule has 0 radical (unpaired) electrons. The average Bonchev–Trinajstić information content (AvgIpc) is 3.02. The second-order valence-electron chi connectivity index (χ2n) is 7.12. The highest BCUT2D eigenvalue weighted by molar-refractivity contribution is 5.96. The number of carbonyl (C=O) groups excluding carboxylic acids is 2. The van der Waals surface area contributed by atoms with Gasteiger partial charge in [0, 0.05) is 24.3 Å². The fourth-order valence-corrected chi connectivity index (χ4v) is 3.32. The lowest BCUT2D eigenvalue weighted by atomic mass is 10.1. The summed E-state index contributed by atoms with van der Waals surface area (Å²) in [4.78, 5) is 26.6. The molecule has 2 aromatic carbocycles. The van der Waals surface area contributed by atoms with Crippen molar-refractivity contribution in [2.75, 3.05) is 25.0 Å². The third-order valence-corrected chi connectivity index (χ3v) is 5.01. The Kier molecular flexibility index (Phi) is 7.06. The maximum absolute atomic E-state index is 12.6. The number of hydrogen-bond acceptors (Lipinski definition) is 3. The molecule has 1 heterocycles. The fraction of sp³-hybridized carbons (Fsp3) is 0.391. The van der Waals surface area contributed by atoms with Gasteiger partial charge < -0.3 is 15.0 Å². The van der Waals surface area contributed by atoms with Crippen LogP contribution >= 0.6 is 0 Å². The van der Waals surface area contributed by atoms with Crippen molar-refractivity contribution in [1.82, 2.24) is 4.90 Å². The van der Waals surface area contributed by atoms with Crippen molar-refractivity contribution in [2.45, 2.75) is 39.0 Å². The van der Waals surface area contributed by atoms with Gasteiger partial charge in [-0.3, -0.25) is 9.59 Å². The third-order valence-electron chi connectivity index (χ3n) is 5.01. The van der Waals surface area contributed by atoms with Gasteiger partial charge in [-0.2, -0.15) is 0 Å². The number of benzene rings is 2. The molecule has 1 fully saturated rings. The highest BCUT2D eigenvalue weighted by Crippen LogP contribution is 2.16. The standard InChI is InChI=1S/C23H28N2O3/c1-2-18-7-13-21(14-8-18)28-17-22(26)24-20-11-9-19(10-12-20)23(27)25-15-5-3-4-6-16-25/h7-14H,2-6,15-17H2,1H3,(H,24,26). The Bertz CT molecular complexity index is 776. The van der Waals surface area contributed by atoms with E-state index in [9.17, 15) is 9.59 Å². The van der Waals surface area contributed by atoms with E-state index in [2.05, 4.69) is 12.2 Å². The van der Waals surface area contributed by atoms with Gasteiger partial charge in [0.05, 0.1) is 0 Å². The number of nitrogens with zero attached hydrogens (tertiary/aromatic N) is 1. The lowest BCUT2D eigenvalue weighted by molar-refractivity contribution is -0.118. The number of aryl methyl sites for hydroxylation is 1. The van der Waals surface area contributed by atoms with E-state index >= 15 is 0 Å². The van der Waals surface area contributed by atoms with E-state index in [0.29, 0.717) is 17.0 Å². The van der Waals surface area contributed by atoms with Gasteiger partial charge in [-0.15, -0.1) is 0 Å². The summed E-state index contributed by atoms with van der Waals surface area (Å²) in [5.74, 6) is 0.510. The maximum atomic E-state index is 12.6. The summed E-state index contributed by atoms with van der Waals surface area (Å²) in [6.07, 6.45) is 5.50. The summed E-state index contributed by atoms with van der Waals surface area (Å²) in [6, 6.07) is 14.8. The molecule has 1 aliphatic heterocycles. The predicted molar refractivity (Wildman–Crippen MR) is 111 cm³/mol. The monoisotopic (exact) mass is 380 g/mol. The Hall–Kier alpha value is -2.82. The van der Waals surface area contributed by atoms with E-state index in [4.69, 9.17) is 4.74 Å². The molecule has 28 heavy (non-hydrogen) atoms. The minimum absolute atomic E-state index is 0.0556. The van der Waals surface area contributed by atoms with Crippen molar-refractivity contribution in [3.8, 4) is 5.75 Å². The summed E-state index contributed by atoms with van der Waals surface area (Å²) in [5, 5.41) is 2.80. The first kappa shape index (κ1) is 19.9. The van der Waals surface area contributed by atoms with Gasteiger partial charge in [-0.05, 0) is 61.2 Å². The zero-order chi connectivity index (χ0) is 19.8. The molecule has 2 aromatic rings. The highest BCUT2D eigenvalue weighted by Gasteiger charge is 2.17. The lowest BCUT2D eigenvalue weighted by Gasteiger charge is -2.20. The SMILES string of the molecule is CCc1ccc(OCC(=O)Nc2ccc(C(=O)N3CCCCCC3)cc2)cc1. The number of ether oxygens (including phenoxy) is 1. The largest absolute Gasteiger partial charge is 0.484 e. The topological polar surface area (TPSA) is 58.6 Å². The second kappa shape index (κ2) is 9.93. The second-order valence-corrected chi connectivity index (χ2v) is 7.12. The molecule has 5 nitrogen and oxygen atoms in total. The number of nitrogens with one attached hydrogen (secondary N) is 1. The van der Waals surface area contributed by atoms with E-state index < -0.39 is 0 Å². The van der Waals surface area contributed by atoms with Crippen LogP contribution in [0.1, 0.15) is 48.5 Å². The van der Waals surface area contributed by atoms with Crippen LogP contribution in [0.15, 0.2) is 48.5 Å². The van der Waals surface area contributed by atoms with Gasteiger partial charge in [0.15, 0.2) is 6.61 Å². The first-order valence-electron chi connectivity index (χ1n) is 10.1. The van der Waals surface area contributed by atoms with Crippen LogP contribution in [0.25, 0.3) is 0 Å². The zero-order valence-corrected chi connectivity index (χ0v) is 16.4. The van der Waals surface area contributed by atoms with Crippen LogP contribution in [0.5, 0.6) is 5.75 Å². The molecule has 0 spiro atoms. The summed E-state index contributed by atoms with van der Waals surface area (Å²) in [7, 11) is 0. The molecular weight excluding hydrogens is 352 g/mol. The van der Waals surface area contributed by atoms with Crippen molar-refractivity contribution in [3.05, 3.63) is 59.7 Å². The van der Waals surface area contributed by atoms with Crippen LogP contribution < -0.4 is 10.1 Å². The van der Waals surface area contributed by atoms with Gasteiger partial charge in [-0.25, -0.2) is 0 Å². The van der Waals surface area contributed by atoms with Crippen molar-refractivity contribution in [1.29, 1.82) is 0 Å². The van der Waals surface area contributed by atoms with Gasteiger partial charge in [0.2, 0.25) is 0 Å². The summed E-state index contributed by atoms with van der Waals surface area (Å²) in [5.41, 5.74) is 2.54. The number of amides is 2. The number of anilines is 1. The third kappa shape index (κ3) is 5.59. The van der Waals surface area contributed by atoms with Gasteiger partial charge in [0.25, 0.3) is 11.8 Å². The minimum atomic E-state index is -0.230. The van der Waals surface area contributed by atoms with E-state index in [1.807, 2.05) is 29.2 Å². The van der Waals surface area contributed by atoms with Crippen LogP contribution in [-0.2, 0) is 11.2 Å². The van der Waals surface area contributed by atoms with Gasteiger partial charge in [-0.1, -0.05) is 31.9 Å². The number of carbonyl (C=O) groups is 2. The molecule has 0 aromatic heterocycles. The van der Waals surface area contributed by atoms with Crippen molar-refractivity contribution in [3.63, 3.8) is 0 Å². The molecule has 1 aliphatic rings. The zero-order valence-electron chi connectivity index (χ0n) is 16.4. The van der Waals surface area contributed by atoms with E-state index in [1.165, 1.54) is 18.4 Å². The average molecular weight is 380 g/mol. The Balaban J connectivity index is 1.50. The minimum Gasteiger partial charge on any atom is -0.484 e. The first-order chi connectivity index (χ1) is 13.7. The first-order valence-corrected chi connectivity index (χ1v) is 10.1. The lowest BCUT2D eigenvalue weighted by Crippen LogP contribution is -2.31. The van der Waals surface area contributed by atoms with Gasteiger partial charge >= 0.3 is 0 Å². The normalized spacial score (nSPS) is 14.2. The van der Waals surface area contributed by atoms with E-state index in [0.717, 1.165) is 32.4 Å². The summed E-state index contributed by atoms with van der Waals surface area (Å²) < 4.78 is 5.52. The molecule has 1 N–H and O–H groups in total. The smallest absolute Gasteiger partial charge is 0.262 e. The summed E-state index contributed by atoms with van der Waals surface area (Å²) >= 11 is 0. The molecule has 3 rings (SSSR count). The molecule has 0 bridgehead atoms. The molecule has 1 saturated heterocycles. The molecule has 148 valence electrons. The van der Waals surface area contributed by atoms with Crippen LogP contribution in [0.2, 0.25) is 0 Å². The molecule has 2 amide bonds. The Morgan fingerprint density at radius 2 is 1.57 bits per heavy atom. The Morgan fingerprint density at radius 3 is 2.18 bits per heavy atom. The molecule has 0 aliphatic carbocycles. The Labute approximate surface area is 166 Å². The van der Waals surface area contributed by atoms with E-state index in [1.54, 1.807) is 24.3 Å². The van der Waals surface area contributed by atoms with Crippen LogP contribution in [-0.4, -0.2) is 36.4 Å². The molecule has 5 heteroatoms. The van der Waals surface area contributed by atoms with E-state index in [-0.39, 0.29) is 18.4 Å². The highest BCUT2D eigenvalue weighted by atomic mass is 16.5. The van der Waals surface area contributed by atoms with Crippen molar-refractivity contribution < 1.29 is 14.3 Å². The Morgan fingerprint density at radius 1 is 0.929 bits per heavy atom. The molecular formula is C23H28N2O3.